The van der Waals surface area contributed by atoms with Crippen LogP contribution in [0.5, 0.6) is 0 Å². The number of halogens is 1. The maximum atomic E-state index is 13.1. The van der Waals surface area contributed by atoms with Crippen LogP contribution in [0, 0.1) is 5.82 Å². The Morgan fingerprint density at radius 2 is 1.83 bits per heavy atom. The van der Waals surface area contributed by atoms with E-state index in [1.54, 1.807) is 31.2 Å². The summed E-state index contributed by atoms with van der Waals surface area (Å²) < 4.78 is 23.8. The molecule has 3 rings (SSSR count). The molecule has 5 heteroatoms. The molecule has 0 aliphatic carbocycles. The summed E-state index contributed by atoms with van der Waals surface area (Å²) in [6, 6.07) is 12.0. The van der Waals surface area contributed by atoms with Crippen LogP contribution in [0.4, 0.5) is 4.39 Å². The van der Waals surface area contributed by atoms with Crippen LogP contribution in [0.15, 0.2) is 57.7 Å². The van der Waals surface area contributed by atoms with Crippen molar-refractivity contribution in [3.05, 3.63) is 70.1 Å². The number of para-hydroxylation sites is 1. The molecule has 1 aromatic heterocycles. The Labute approximate surface area is 131 Å². The highest BCUT2D eigenvalue weighted by Crippen LogP contribution is 2.26. The summed E-state index contributed by atoms with van der Waals surface area (Å²) in [5, 5.41) is 0.293. The molecule has 0 saturated carbocycles. The third-order valence-electron chi connectivity index (χ3n) is 3.38. The molecular weight excluding hydrogens is 299 g/mol. The average molecular weight is 312 g/mol. The zero-order chi connectivity index (χ0) is 16.4. The van der Waals surface area contributed by atoms with Crippen molar-refractivity contribution >= 4 is 16.9 Å². The normalized spacial score (nSPS) is 10.7. The lowest BCUT2D eigenvalue weighted by atomic mass is 10.0. The average Bonchev–Trinajstić information content (AvgIpc) is 2.55. The molecule has 2 aromatic carbocycles. The Kier molecular flexibility index (Phi) is 3.93. The van der Waals surface area contributed by atoms with E-state index in [1.165, 1.54) is 24.3 Å². The Morgan fingerprint density at radius 3 is 2.52 bits per heavy atom. The van der Waals surface area contributed by atoms with Gasteiger partial charge in [-0.1, -0.05) is 12.1 Å². The summed E-state index contributed by atoms with van der Waals surface area (Å²) in [7, 11) is 0. The summed E-state index contributed by atoms with van der Waals surface area (Å²) >= 11 is 0. The first-order valence-electron chi connectivity index (χ1n) is 7.10. The van der Waals surface area contributed by atoms with Crippen LogP contribution in [0.25, 0.3) is 22.3 Å². The number of esters is 1. The van der Waals surface area contributed by atoms with Crippen molar-refractivity contribution in [2.24, 2.45) is 0 Å². The van der Waals surface area contributed by atoms with Gasteiger partial charge in [0.15, 0.2) is 11.3 Å². The molecule has 0 atom stereocenters. The molecule has 1 heterocycles. The molecule has 0 aliphatic heterocycles. The SMILES string of the molecule is CCOC(=O)c1c(-c2ccc(F)cc2)oc2ccccc2c1=O. The topological polar surface area (TPSA) is 56.5 Å². The van der Waals surface area contributed by atoms with Crippen LogP contribution in [-0.2, 0) is 4.74 Å². The summed E-state index contributed by atoms with van der Waals surface area (Å²) in [5.74, 6) is -1.10. The van der Waals surface area contributed by atoms with E-state index in [2.05, 4.69) is 0 Å². The minimum atomic E-state index is -0.758. The number of benzene rings is 2. The molecule has 0 fully saturated rings. The highest BCUT2D eigenvalue weighted by Gasteiger charge is 2.23. The van der Waals surface area contributed by atoms with Gasteiger partial charge in [0.2, 0.25) is 5.43 Å². The Balaban J connectivity index is 2.34. The number of rotatable bonds is 3. The van der Waals surface area contributed by atoms with Crippen molar-refractivity contribution in [2.45, 2.75) is 6.92 Å². The molecule has 0 radical (unpaired) electrons. The molecule has 23 heavy (non-hydrogen) atoms. The van der Waals surface area contributed by atoms with Crippen LogP contribution in [0.1, 0.15) is 17.3 Å². The van der Waals surface area contributed by atoms with Crippen molar-refractivity contribution < 1.29 is 18.3 Å². The third kappa shape index (κ3) is 2.73. The van der Waals surface area contributed by atoms with Crippen LogP contribution in [-0.4, -0.2) is 12.6 Å². The number of hydrogen-bond donors (Lipinski definition) is 0. The van der Waals surface area contributed by atoms with E-state index >= 15 is 0 Å². The molecule has 4 nitrogen and oxygen atoms in total. The largest absolute Gasteiger partial charge is 0.462 e. The van der Waals surface area contributed by atoms with Gasteiger partial charge < -0.3 is 9.15 Å². The third-order valence-corrected chi connectivity index (χ3v) is 3.38. The van der Waals surface area contributed by atoms with E-state index in [9.17, 15) is 14.0 Å². The Bertz CT molecular complexity index is 926. The van der Waals surface area contributed by atoms with Gasteiger partial charge in [-0.2, -0.15) is 0 Å². The van der Waals surface area contributed by atoms with E-state index < -0.39 is 17.2 Å². The van der Waals surface area contributed by atoms with Gasteiger partial charge in [0, 0.05) is 5.56 Å². The summed E-state index contributed by atoms with van der Waals surface area (Å²) in [4.78, 5) is 24.9. The van der Waals surface area contributed by atoms with Crippen molar-refractivity contribution in [3.8, 4) is 11.3 Å². The fourth-order valence-electron chi connectivity index (χ4n) is 2.34. The van der Waals surface area contributed by atoms with Gasteiger partial charge in [0.05, 0.1) is 12.0 Å². The highest BCUT2D eigenvalue weighted by molar-refractivity contribution is 5.99. The number of fused-ring (bicyclic) bond motifs is 1. The molecule has 0 unspecified atom stereocenters. The standard InChI is InChI=1S/C18H13FO4/c1-2-22-18(21)15-16(20)13-5-3-4-6-14(13)23-17(15)11-7-9-12(19)10-8-11/h3-10H,2H2,1H3. The Morgan fingerprint density at radius 1 is 1.13 bits per heavy atom. The summed E-state index contributed by atoms with van der Waals surface area (Å²) in [6.45, 7) is 1.78. The molecule has 0 amide bonds. The first-order chi connectivity index (χ1) is 11.1. The predicted molar refractivity (Wildman–Crippen MR) is 83.8 cm³/mol. The minimum absolute atomic E-state index is 0.0761. The Hall–Kier alpha value is -2.95. The van der Waals surface area contributed by atoms with Crippen LogP contribution >= 0.6 is 0 Å². The second-order valence-electron chi connectivity index (χ2n) is 4.86. The maximum Gasteiger partial charge on any atom is 0.346 e. The molecular formula is C18H13FO4. The molecule has 0 aliphatic rings. The van der Waals surface area contributed by atoms with Crippen molar-refractivity contribution in [3.63, 3.8) is 0 Å². The lowest BCUT2D eigenvalue weighted by Crippen LogP contribution is -2.19. The first-order valence-corrected chi connectivity index (χ1v) is 7.10. The predicted octanol–water partition coefficient (Wildman–Crippen LogP) is 3.78. The van der Waals surface area contributed by atoms with Gasteiger partial charge >= 0.3 is 5.97 Å². The van der Waals surface area contributed by atoms with Crippen LogP contribution in [0.3, 0.4) is 0 Å². The molecule has 0 bridgehead atoms. The van der Waals surface area contributed by atoms with Gasteiger partial charge in [-0.3, -0.25) is 4.79 Å². The summed E-state index contributed by atoms with van der Waals surface area (Å²) in [6.07, 6.45) is 0. The number of carbonyl (C=O) groups is 1. The molecule has 116 valence electrons. The second-order valence-corrected chi connectivity index (χ2v) is 4.86. The van der Waals surface area contributed by atoms with E-state index in [4.69, 9.17) is 9.15 Å². The van der Waals surface area contributed by atoms with Gasteiger partial charge in [-0.25, -0.2) is 9.18 Å². The maximum absolute atomic E-state index is 13.1. The van der Waals surface area contributed by atoms with E-state index in [0.717, 1.165) is 0 Å². The zero-order valence-corrected chi connectivity index (χ0v) is 12.3. The fourth-order valence-corrected chi connectivity index (χ4v) is 2.34. The molecule has 0 N–H and O–H groups in total. The van der Waals surface area contributed by atoms with Gasteiger partial charge in [0.1, 0.15) is 11.4 Å². The number of ether oxygens (including phenoxy) is 1. The van der Waals surface area contributed by atoms with Gasteiger partial charge in [-0.05, 0) is 43.3 Å². The van der Waals surface area contributed by atoms with Crippen LogP contribution < -0.4 is 5.43 Å². The van der Waals surface area contributed by atoms with Crippen LogP contribution in [0.2, 0.25) is 0 Å². The second kappa shape index (κ2) is 6.04. The first kappa shape index (κ1) is 15.0. The van der Waals surface area contributed by atoms with E-state index in [0.29, 0.717) is 16.5 Å². The quantitative estimate of drug-likeness (QED) is 0.691. The number of carbonyl (C=O) groups excluding carboxylic acids is 1. The van der Waals surface area contributed by atoms with Crippen molar-refractivity contribution in [1.29, 1.82) is 0 Å². The lowest BCUT2D eigenvalue weighted by molar-refractivity contribution is 0.0524. The van der Waals surface area contributed by atoms with E-state index in [-0.39, 0.29) is 17.9 Å². The van der Waals surface area contributed by atoms with Gasteiger partial charge in [0.25, 0.3) is 0 Å². The highest BCUT2D eigenvalue weighted by atomic mass is 19.1. The monoisotopic (exact) mass is 312 g/mol. The molecule has 0 saturated heterocycles. The van der Waals surface area contributed by atoms with Crippen molar-refractivity contribution in [2.75, 3.05) is 6.61 Å². The lowest BCUT2D eigenvalue weighted by Gasteiger charge is -2.09. The van der Waals surface area contributed by atoms with Gasteiger partial charge in [-0.15, -0.1) is 0 Å². The zero-order valence-electron chi connectivity index (χ0n) is 12.3. The van der Waals surface area contributed by atoms with Crippen molar-refractivity contribution in [1.82, 2.24) is 0 Å². The smallest absolute Gasteiger partial charge is 0.346 e. The fraction of sp³-hybridized carbons (Fsp3) is 0.111. The molecule has 0 spiro atoms. The minimum Gasteiger partial charge on any atom is -0.462 e. The van der Waals surface area contributed by atoms with E-state index in [1.807, 2.05) is 0 Å². The number of hydrogen-bond acceptors (Lipinski definition) is 4. The molecule has 3 aromatic rings. The summed E-state index contributed by atoms with van der Waals surface area (Å²) in [5.41, 5.74) is 0.129.